The molecule has 376 valence electrons. The molecule has 70 heavy (non-hydrogen) atoms. The van der Waals surface area contributed by atoms with Crippen molar-refractivity contribution in [2.45, 2.75) is 117 Å². The van der Waals surface area contributed by atoms with E-state index in [2.05, 4.69) is 31.6 Å². The number of ether oxygens (including phenoxy) is 2. The van der Waals surface area contributed by atoms with E-state index in [1.807, 2.05) is 25.0 Å². The highest BCUT2D eigenvalue weighted by atomic mass is 16.5. The molecule has 0 spiro atoms. The topological polar surface area (TPSA) is 239 Å². The molecule has 3 aromatic rings. The number of nitrogens with one attached hydrogen (secondary N) is 5. The number of aryl methyl sites for hydroxylation is 1. The van der Waals surface area contributed by atoms with Gasteiger partial charge < -0.3 is 45.5 Å². The van der Waals surface area contributed by atoms with Gasteiger partial charge in [-0.25, -0.2) is 0 Å². The van der Waals surface area contributed by atoms with E-state index >= 15 is 0 Å². The molecule has 2 aromatic carbocycles. The molecule has 0 saturated carbocycles. The largest absolute Gasteiger partial charge is 0.493 e. The Morgan fingerprint density at radius 3 is 2.19 bits per heavy atom. The Morgan fingerprint density at radius 2 is 1.50 bits per heavy atom. The van der Waals surface area contributed by atoms with Crippen LogP contribution in [-0.2, 0) is 35.8 Å². The maximum absolute atomic E-state index is 13.3. The number of methoxy groups -OCH3 is 1. The fraction of sp³-hybridized carbons (Fsp3) is 0.510. The lowest BCUT2D eigenvalue weighted by atomic mass is 9.94. The highest BCUT2D eigenvalue weighted by Gasteiger charge is 2.39. The van der Waals surface area contributed by atoms with Crippen LogP contribution in [-0.4, -0.2) is 113 Å². The first-order valence-electron chi connectivity index (χ1n) is 24.3. The number of hydrogen-bond donors (Lipinski definition) is 5. The molecule has 2 saturated heterocycles. The summed E-state index contributed by atoms with van der Waals surface area (Å²) in [5, 5.41) is 13.9. The van der Waals surface area contributed by atoms with Crippen LogP contribution in [0, 0.1) is 17.8 Å². The van der Waals surface area contributed by atoms with Crippen molar-refractivity contribution in [2.75, 3.05) is 42.8 Å². The van der Waals surface area contributed by atoms with Gasteiger partial charge in [-0.1, -0.05) is 34.1 Å². The van der Waals surface area contributed by atoms with Crippen molar-refractivity contribution in [3.05, 3.63) is 59.9 Å². The van der Waals surface area contributed by atoms with Crippen LogP contribution >= 0.6 is 0 Å². The van der Waals surface area contributed by atoms with Crippen molar-refractivity contribution in [1.82, 2.24) is 25.0 Å². The van der Waals surface area contributed by atoms with Gasteiger partial charge in [0.1, 0.15) is 17.8 Å². The third-order valence-electron chi connectivity index (χ3n) is 12.8. The van der Waals surface area contributed by atoms with Crippen LogP contribution in [0.1, 0.15) is 120 Å². The molecule has 5 N–H and O–H groups in total. The Morgan fingerprint density at radius 1 is 0.786 bits per heavy atom. The molecule has 8 amide bonds. The highest BCUT2D eigenvalue weighted by molar-refractivity contribution is 6.06. The lowest BCUT2D eigenvalue weighted by molar-refractivity contribution is -0.140. The molecule has 19 nitrogen and oxygen atoms in total. The maximum Gasteiger partial charge on any atom is 0.272 e. The summed E-state index contributed by atoms with van der Waals surface area (Å²) in [6.07, 6.45) is 9.01. The van der Waals surface area contributed by atoms with E-state index in [1.165, 1.54) is 18.9 Å². The van der Waals surface area contributed by atoms with Gasteiger partial charge in [0.15, 0.2) is 11.5 Å². The fourth-order valence-electron chi connectivity index (χ4n) is 8.71. The van der Waals surface area contributed by atoms with Gasteiger partial charge in [-0.15, -0.1) is 0 Å². The zero-order valence-corrected chi connectivity index (χ0v) is 41.2. The smallest absolute Gasteiger partial charge is 0.272 e. The Kier molecular flexibility index (Phi) is 17.9. The summed E-state index contributed by atoms with van der Waals surface area (Å²) in [4.78, 5) is 111. The molecular formula is C51H67N9O10. The van der Waals surface area contributed by atoms with Gasteiger partial charge in [-0.3, -0.25) is 48.2 Å². The van der Waals surface area contributed by atoms with Crippen LogP contribution in [0.15, 0.2) is 53.7 Å². The molecule has 3 unspecified atom stereocenters. The third-order valence-corrected chi connectivity index (χ3v) is 12.8. The number of unbranched alkanes of at least 4 members (excludes halogenated alkanes) is 2. The molecule has 1 aromatic heterocycles. The zero-order chi connectivity index (χ0) is 50.6. The predicted octanol–water partition coefficient (Wildman–Crippen LogP) is 5.97. The molecule has 19 heteroatoms. The highest BCUT2D eigenvalue weighted by Crippen LogP contribution is 2.38. The minimum atomic E-state index is -0.946. The van der Waals surface area contributed by atoms with Gasteiger partial charge in [0.05, 0.1) is 36.7 Å². The number of amides is 8. The van der Waals surface area contributed by atoms with Gasteiger partial charge in [0, 0.05) is 75.2 Å². The summed E-state index contributed by atoms with van der Waals surface area (Å²) < 4.78 is 13.1. The standard InChI is InChI=1S/C51H67N9O10/c1-30(2)37-26-45(63)60(50(37)67)22-11-8-9-15-44(62)57-46(31(3)4)49(66)53-32(5)47(64)55-33-17-19-34(20-18-33)56-48(65)40-24-35(29-58(40)6)54-43(61)16-13-23-70-42-27-39-38(25-41(42)69-7)51(68)59-21-12-10-14-36(59)28-52-39/h17-20,24-25,27-32,36-37,46H,8-16,21-23,26H2,1-7H3,(H,53,66)(H,54,61)(H,55,64)(H,56,65)(H,57,62)/t32-,36?,37?,46?/m0/s1. The van der Waals surface area contributed by atoms with Crippen LogP contribution in [0.5, 0.6) is 11.5 Å². The second kappa shape index (κ2) is 24.0. The van der Waals surface area contributed by atoms with Gasteiger partial charge in [0.25, 0.3) is 11.8 Å². The van der Waals surface area contributed by atoms with Gasteiger partial charge in [-0.2, -0.15) is 0 Å². The number of nitrogens with zero attached hydrogens (tertiary/aromatic N) is 4. The normalized spacial score (nSPS) is 17.4. The van der Waals surface area contributed by atoms with Crippen LogP contribution < -0.4 is 36.1 Å². The third kappa shape index (κ3) is 13.4. The van der Waals surface area contributed by atoms with Crippen molar-refractivity contribution in [1.29, 1.82) is 0 Å². The lowest BCUT2D eigenvalue weighted by Gasteiger charge is -2.32. The lowest BCUT2D eigenvalue weighted by Crippen LogP contribution is -2.53. The number of imide groups is 1. The van der Waals surface area contributed by atoms with E-state index in [-0.39, 0.29) is 84.9 Å². The van der Waals surface area contributed by atoms with Crippen LogP contribution in [0.3, 0.4) is 0 Å². The van der Waals surface area contributed by atoms with E-state index in [0.717, 1.165) is 19.3 Å². The number of anilines is 3. The number of aromatic nitrogens is 1. The number of carbonyl (C=O) groups is 8. The van der Waals surface area contributed by atoms with Crippen molar-refractivity contribution >= 4 is 76.2 Å². The SMILES string of the molecule is COc1cc2c(cc1OCCCC(=O)Nc1cc(C(=O)Nc3ccc(NC(=O)[C@H](C)NC(=O)C(NC(=O)CCCCCN4C(=O)CC(C(C)C)C4=O)C(C)C)cc3)n(C)c1)N=CC1CCCCN1C2=O. The Hall–Kier alpha value is -7.05. The average Bonchev–Trinajstić information content (AvgIpc) is 3.79. The van der Waals surface area contributed by atoms with Crippen molar-refractivity contribution in [3.8, 4) is 11.5 Å². The molecule has 6 rings (SSSR count). The minimum absolute atomic E-state index is 0.0290. The summed E-state index contributed by atoms with van der Waals surface area (Å²) in [7, 11) is 3.19. The second-order valence-corrected chi connectivity index (χ2v) is 18.9. The number of aliphatic imine (C=N–C) groups is 1. The Labute approximate surface area is 408 Å². The number of rotatable bonds is 22. The van der Waals surface area contributed by atoms with Crippen LogP contribution in [0.2, 0.25) is 0 Å². The minimum Gasteiger partial charge on any atom is -0.493 e. The predicted molar refractivity (Wildman–Crippen MR) is 264 cm³/mol. The van der Waals surface area contributed by atoms with Crippen LogP contribution in [0.4, 0.5) is 22.7 Å². The van der Waals surface area contributed by atoms with Crippen LogP contribution in [0.25, 0.3) is 0 Å². The van der Waals surface area contributed by atoms with Crippen molar-refractivity contribution in [2.24, 2.45) is 29.8 Å². The van der Waals surface area contributed by atoms with E-state index < -0.39 is 29.8 Å². The first-order valence-corrected chi connectivity index (χ1v) is 24.3. The van der Waals surface area contributed by atoms with E-state index in [4.69, 9.17) is 9.47 Å². The van der Waals surface area contributed by atoms with Gasteiger partial charge in [0.2, 0.25) is 35.4 Å². The molecule has 0 radical (unpaired) electrons. The monoisotopic (exact) mass is 966 g/mol. The summed E-state index contributed by atoms with van der Waals surface area (Å²) in [5.74, 6) is -1.96. The molecule has 4 atom stereocenters. The number of piperidine rings is 1. The molecule has 3 aliphatic rings. The summed E-state index contributed by atoms with van der Waals surface area (Å²) in [6.45, 7) is 10.2. The molecule has 0 bridgehead atoms. The second-order valence-electron chi connectivity index (χ2n) is 18.9. The summed E-state index contributed by atoms with van der Waals surface area (Å²) in [6, 6.07) is 9.50. The quantitative estimate of drug-likeness (QED) is 0.0584. The van der Waals surface area contributed by atoms with E-state index in [0.29, 0.717) is 78.6 Å². The first kappa shape index (κ1) is 52.3. The summed E-state index contributed by atoms with van der Waals surface area (Å²) >= 11 is 0. The molecule has 0 aliphatic carbocycles. The van der Waals surface area contributed by atoms with Crippen molar-refractivity contribution < 1.29 is 47.8 Å². The molecule has 2 fully saturated rings. The fourth-order valence-corrected chi connectivity index (χ4v) is 8.71. The number of likely N-dealkylation sites (tertiary alicyclic amines) is 1. The van der Waals surface area contributed by atoms with Gasteiger partial charge >= 0.3 is 0 Å². The van der Waals surface area contributed by atoms with Gasteiger partial charge in [-0.05, 0) is 93.7 Å². The Balaban J connectivity index is 0.897. The molecular weight excluding hydrogens is 899 g/mol. The van der Waals surface area contributed by atoms with Crippen molar-refractivity contribution in [3.63, 3.8) is 0 Å². The Bertz CT molecular complexity index is 2460. The number of carbonyl (C=O) groups excluding carboxylic acids is 8. The number of fused-ring (bicyclic) bond motifs is 2. The number of benzene rings is 2. The zero-order valence-electron chi connectivity index (χ0n) is 41.2. The van der Waals surface area contributed by atoms with E-state index in [1.54, 1.807) is 74.1 Å². The first-order chi connectivity index (χ1) is 33.4. The number of hydrogen-bond acceptors (Lipinski definition) is 11. The molecule has 3 aliphatic heterocycles. The van der Waals surface area contributed by atoms with E-state index in [9.17, 15) is 38.4 Å². The summed E-state index contributed by atoms with van der Waals surface area (Å²) in [5.41, 5.74) is 2.57. The average molecular weight is 966 g/mol. The molecule has 4 heterocycles. The maximum atomic E-state index is 13.3.